The largest absolute Gasteiger partial charge is 0.326 e. The van der Waals surface area contributed by atoms with E-state index >= 15 is 0 Å². The number of thioether (sulfide) groups is 1. The molecule has 0 bridgehead atoms. The second-order valence-corrected chi connectivity index (χ2v) is 8.48. The predicted octanol–water partition coefficient (Wildman–Crippen LogP) is 3.74. The van der Waals surface area contributed by atoms with Crippen LogP contribution in [0.15, 0.2) is 58.5 Å². The molecule has 0 saturated carbocycles. The second kappa shape index (κ2) is 8.77. The van der Waals surface area contributed by atoms with Crippen molar-refractivity contribution in [3.05, 3.63) is 81.1 Å². The van der Waals surface area contributed by atoms with Gasteiger partial charge in [-0.05, 0) is 42.7 Å². The number of nitrogens with zero attached hydrogens (tertiary/aromatic N) is 1. The Bertz CT molecular complexity index is 1220. The van der Waals surface area contributed by atoms with Crippen LogP contribution >= 0.6 is 11.8 Å². The molecule has 2 aromatic carbocycles. The van der Waals surface area contributed by atoms with Gasteiger partial charge in [-0.25, -0.2) is 4.98 Å². The average Bonchev–Trinajstić information content (AvgIpc) is 2.72. The molecule has 0 spiro atoms. The Labute approximate surface area is 183 Å². The number of benzene rings is 2. The van der Waals surface area contributed by atoms with Crippen LogP contribution in [-0.2, 0) is 15.3 Å². The number of aryl methyl sites for hydroxylation is 2. The van der Waals surface area contributed by atoms with Gasteiger partial charge in [0.1, 0.15) is 5.82 Å². The van der Waals surface area contributed by atoms with Gasteiger partial charge < -0.3 is 15.6 Å². The van der Waals surface area contributed by atoms with Crippen LogP contribution in [0, 0.1) is 13.8 Å². The number of H-pyrrole nitrogens is 1. The number of hydrogen-bond acceptors (Lipinski definition) is 5. The first-order chi connectivity index (χ1) is 14.9. The molecule has 1 aliphatic rings. The van der Waals surface area contributed by atoms with Gasteiger partial charge in [0.2, 0.25) is 11.8 Å². The highest BCUT2D eigenvalue weighted by Crippen LogP contribution is 2.31. The van der Waals surface area contributed by atoms with E-state index in [0.29, 0.717) is 16.6 Å². The molecule has 2 amide bonds. The lowest BCUT2D eigenvalue weighted by atomic mass is 9.92. The van der Waals surface area contributed by atoms with Crippen LogP contribution in [-0.4, -0.2) is 21.8 Å². The normalized spacial score (nSPS) is 15.2. The van der Waals surface area contributed by atoms with Gasteiger partial charge in [0.05, 0.1) is 11.5 Å². The summed E-state index contributed by atoms with van der Waals surface area (Å²) < 4.78 is 0. The number of nitrogens with one attached hydrogen (secondary N) is 3. The third kappa shape index (κ3) is 4.69. The molecule has 3 aromatic rings. The van der Waals surface area contributed by atoms with Gasteiger partial charge in [-0.3, -0.25) is 14.4 Å². The number of aromatic nitrogens is 2. The van der Waals surface area contributed by atoms with Gasteiger partial charge in [0, 0.05) is 17.9 Å². The molecule has 4 rings (SSSR count). The van der Waals surface area contributed by atoms with Gasteiger partial charge in [-0.2, -0.15) is 0 Å². The van der Waals surface area contributed by atoms with E-state index in [1.54, 1.807) is 6.07 Å². The summed E-state index contributed by atoms with van der Waals surface area (Å²) in [6.45, 7) is 3.94. The van der Waals surface area contributed by atoms with Crippen LogP contribution in [0.3, 0.4) is 0 Å². The second-order valence-electron chi connectivity index (χ2n) is 7.51. The van der Waals surface area contributed by atoms with Crippen molar-refractivity contribution < 1.29 is 9.59 Å². The minimum Gasteiger partial charge on any atom is -0.326 e. The molecule has 1 atom stereocenters. The number of aromatic amines is 1. The Morgan fingerprint density at radius 2 is 1.97 bits per heavy atom. The fourth-order valence-electron chi connectivity index (χ4n) is 3.51. The lowest BCUT2D eigenvalue weighted by molar-refractivity contribution is -0.123. The summed E-state index contributed by atoms with van der Waals surface area (Å²) in [5, 5.41) is 5.84. The Hall–Kier alpha value is -3.39. The number of hydrogen-bond donors (Lipinski definition) is 3. The lowest BCUT2D eigenvalue weighted by Crippen LogP contribution is -2.36. The van der Waals surface area contributed by atoms with Gasteiger partial charge in [-0.1, -0.05) is 48.2 Å². The predicted molar refractivity (Wildman–Crippen MR) is 121 cm³/mol. The first kappa shape index (κ1) is 20.9. The minimum absolute atomic E-state index is 0.106. The first-order valence-corrected chi connectivity index (χ1v) is 10.9. The summed E-state index contributed by atoms with van der Waals surface area (Å²) in [4.78, 5) is 45.2. The monoisotopic (exact) mass is 434 g/mol. The van der Waals surface area contributed by atoms with E-state index in [1.165, 1.54) is 11.8 Å². The quantitative estimate of drug-likeness (QED) is 0.419. The van der Waals surface area contributed by atoms with E-state index in [-0.39, 0.29) is 23.7 Å². The zero-order valence-electron chi connectivity index (χ0n) is 17.2. The zero-order chi connectivity index (χ0) is 22.0. The minimum atomic E-state index is -0.907. The van der Waals surface area contributed by atoms with E-state index < -0.39 is 17.4 Å². The Morgan fingerprint density at radius 1 is 1.16 bits per heavy atom. The van der Waals surface area contributed by atoms with Crippen molar-refractivity contribution in [1.82, 2.24) is 9.97 Å². The first-order valence-electron chi connectivity index (χ1n) is 9.89. The molecule has 1 aliphatic heterocycles. The van der Waals surface area contributed by atoms with Gasteiger partial charge in [-0.15, -0.1) is 0 Å². The van der Waals surface area contributed by atoms with Gasteiger partial charge in [0.15, 0.2) is 5.16 Å². The molecule has 0 saturated heterocycles. The molecule has 158 valence electrons. The van der Waals surface area contributed by atoms with Crippen molar-refractivity contribution in [1.29, 1.82) is 0 Å². The van der Waals surface area contributed by atoms with Gasteiger partial charge in [0.25, 0.3) is 5.56 Å². The maximum absolute atomic E-state index is 12.9. The van der Waals surface area contributed by atoms with Crippen LogP contribution in [0.2, 0.25) is 0 Å². The van der Waals surface area contributed by atoms with E-state index in [4.69, 9.17) is 0 Å². The van der Waals surface area contributed by atoms with Gasteiger partial charge >= 0.3 is 0 Å². The lowest BCUT2D eigenvalue weighted by Gasteiger charge is -2.23. The Kier molecular flexibility index (Phi) is 5.90. The molecule has 1 aromatic heterocycles. The van der Waals surface area contributed by atoms with Crippen molar-refractivity contribution in [2.45, 2.75) is 37.1 Å². The SMILES string of the molecule is Cc1cccc(NC(=O)[C@H]2CC(=O)Nc3nc(SCc4ccccc4C)[nH]c(=O)c32)c1. The average molecular weight is 435 g/mol. The molecule has 31 heavy (non-hydrogen) atoms. The summed E-state index contributed by atoms with van der Waals surface area (Å²) in [7, 11) is 0. The van der Waals surface area contributed by atoms with E-state index in [2.05, 4.69) is 20.6 Å². The fourth-order valence-corrected chi connectivity index (χ4v) is 4.45. The van der Waals surface area contributed by atoms with Crippen LogP contribution in [0.1, 0.15) is 34.6 Å². The molecular weight excluding hydrogens is 412 g/mol. The molecular formula is C23H22N4O3S. The highest BCUT2D eigenvalue weighted by atomic mass is 32.2. The molecule has 0 aliphatic carbocycles. The summed E-state index contributed by atoms with van der Waals surface area (Å²) in [5.74, 6) is -0.883. The van der Waals surface area contributed by atoms with Crippen LogP contribution in [0.5, 0.6) is 0 Å². The fraction of sp³-hybridized carbons (Fsp3) is 0.217. The van der Waals surface area contributed by atoms with Crippen LogP contribution in [0.4, 0.5) is 11.5 Å². The maximum atomic E-state index is 12.9. The van der Waals surface area contributed by atoms with E-state index in [9.17, 15) is 14.4 Å². The number of carbonyl (C=O) groups excluding carboxylic acids is 2. The topological polar surface area (TPSA) is 104 Å². The molecule has 0 fully saturated rings. The van der Waals surface area contributed by atoms with Crippen molar-refractivity contribution in [2.75, 3.05) is 10.6 Å². The van der Waals surface area contributed by atoms with E-state index in [0.717, 1.165) is 16.7 Å². The number of anilines is 2. The molecule has 2 heterocycles. The highest BCUT2D eigenvalue weighted by molar-refractivity contribution is 7.98. The summed E-state index contributed by atoms with van der Waals surface area (Å²) in [6, 6.07) is 15.3. The number of rotatable bonds is 5. The molecule has 7 nitrogen and oxygen atoms in total. The molecule has 8 heteroatoms. The highest BCUT2D eigenvalue weighted by Gasteiger charge is 2.34. The zero-order valence-corrected chi connectivity index (χ0v) is 18.0. The van der Waals surface area contributed by atoms with Crippen molar-refractivity contribution in [2.24, 2.45) is 0 Å². The summed E-state index contributed by atoms with van der Waals surface area (Å²) >= 11 is 1.37. The van der Waals surface area contributed by atoms with Crippen molar-refractivity contribution in [3.63, 3.8) is 0 Å². The van der Waals surface area contributed by atoms with Crippen LogP contribution in [0.25, 0.3) is 0 Å². The Morgan fingerprint density at radius 3 is 2.74 bits per heavy atom. The van der Waals surface area contributed by atoms with Crippen LogP contribution < -0.4 is 16.2 Å². The third-order valence-electron chi connectivity index (χ3n) is 5.16. The van der Waals surface area contributed by atoms with Crippen molar-refractivity contribution in [3.8, 4) is 0 Å². The number of carbonyl (C=O) groups is 2. The van der Waals surface area contributed by atoms with E-state index in [1.807, 2.05) is 56.3 Å². The number of fused-ring (bicyclic) bond motifs is 1. The molecule has 0 unspecified atom stereocenters. The third-order valence-corrected chi connectivity index (χ3v) is 6.08. The molecule has 0 radical (unpaired) electrons. The smallest absolute Gasteiger partial charge is 0.257 e. The standard InChI is InChI=1S/C23H22N4O3S/c1-13-6-5-9-16(10-13)24-21(29)17-11-18(28)25-20-19(17)22(30)27-23(26-20)31-12-15-8-4-3-7-14(15)2/h3-10,17H,11-12H2,1-2H3,(H,24,29)(H2,25,26,27,28,30)/t17-/m0/s1. The Balaban J connectivity index is 1.58. The molecule has 3 N–H and O–H groups in total. The van der Waals surface area contributed by atoms with Crippen molar-refractivity contribution >= 4 is 35.1 Å². The maximum Gasteiger partial charge on any atom is 0.257 e. The summed E-state index contributed by atoms with van der Waals surface area (Å²) in [6.07, 6.45) is -0.106. The summed E-state index contributed by atoms with van der Waals surface area (Å²) in [5.41, 5.74) is 3.66. The number of amides is 2.